The third kappa shape index (κ3) is 3.77. The van der Waals surface area contributed by atoms with E-state index < -0.39 is 0 Å². The van der Waals surface area contributed by atoms with Gasteiger partial charge in [0.05, 0.1) is 10.2 Å². The molecule has 3 aromatic rings. The highest BCUT2D eigenvalue weighted by Gasteiger charge is 2.00. The molecular formula is C16H12BrN3S. The molecule has 0 aliphatic heterocycles. The Balaban J connectivity index is 1.60. The molecule has 1 aromatic heterocycles. The second-order valence-electron chi connectivity index (χ2n) is 4.29. The summed E-state index contributed by atoms with van der Waals surface area (Å²) in [6.45, 7) is 0. The number of hydrogen-bond acceptors (Lipinski definition) is 4. The largest absolute Gasteiger partial charge is 0.253 e. The maximum atomic E-state index is 4.44. The minimum absolute atomic E-state index is 0.796. The molecule has 3 nitrogen and oxygen atoms in total. The van der Waals surface area contributed by atoms with Crippen molar-refractivity contribution in [1.29, 1.82) is 0 Å². The molecule has 0 radical (unpaired) electrons. The number of allylic oxidation sites excluding steroid dienone is 1. The number of hydrazone groups is 1. The second-order valence-corrected chi connectivity index (χ2v) is 6.23. The molecule has 2 aromatic carbocycles. The molecule has 21 heavy (non-hydrogen) atoms. The van der Waals surface area contributed by atoms with E-state index in [2.05, 4.69) is 37.5 Å². The molecule has 5 heteroatoms. The van der Waals surface area contributed by atoms with Crippen LogP contribution in [0, 0.1) is 0 Å². The lowest BCUT2D eigenvalue weighted by Gasteiger charge is -1.92. The second kappa shape index (κ2) is 6.65. The highest BCUT2D eigenvalue weighted by atomic mass is 79.9. The molecule has 0 fully saturated rings. The van der Waals surface area contributed by atoms with Crippen molar-refractivity contribution in [3.8, 4) is 0 Å². The van der Waals surface area contributed by atoms with Gasteiger partial charge in [0.15, 0.2) is 0 Å². The van der Waals surface area contributed by atoms with Gasteiger partial charge in [-0.05, 0) is 35.9 Å². The third-order valence-electron chi connectivity index (χ3n) is 2.77. The number of benzene rings is 2. The van der Waals surface area contributed by atoms with Gasteiger partial charge >= 0.3 is 0 Å². The van der Waals surface area contributed by atoms with Crippen LogP contribution in [-0.4, -0.2) is 11.2 Å². The number of nitrogens with one attached hydrogen (secondary N) is 1. The number of fused-ring (bicyclic) bond motifs is 1. The van der Waals surface area contributed by atoms with Crippen LogP contribution in [0.2, 0.25) is 0 Å². The Hall–Kier alpha value is -1.98. The number of aromatic nitrogens is 1. The summed E-state index contributed by atoms with van der Waals surface area (Å²) in [5, 5.41) is 4.94. The summed E-state index contributed by atoms with van der Waals surface area (Å²) in [4.78, 5) is 4.44. The van der Waals surface area contributed by atoms with E-state index in [0.29, 0.717) is 0 Å². The number of halogens is 1. The minimum atomic E-state index is 0.796. The van der Waals surface area contributed by atoms with Crippen LogP contribution in [-0.2, 0) is 0 Å². The van der Waals surface area contributed by atoms with Crippen molar-refractivity contribution >= 4 is 54.9 Å². The molecule has 104 valence electrons. The fraction of sp³-hybridized carbons (Fsp3) is 0. The van der Waals surface area contributed by atoms with Crippen molar-refractivity contribution in [2.45, 2.75) is 0 Å². The average Bonchev–Trinajstić information content (AvgIpc) is 2.91. The number of anilines is 1. The van der Waals surface area contributed by atoms with E-state index in [9.17, 15) is 0 Å². The molecule has 0 spiro atoms. The molecule has 1 N–H and O–H groups in total. The Morgan fingerprint density at radius 2 is 1.90 bits per heavy atom. The van der Waals surface area contributed by atoms with E-state index in [1.807, 2.05) is 54.6 Å². The fourth-order valence-electron chi connectivity index (χ4n) is 1.78. The standard InChI is InChI=1S/C16H12BrN3S/c17-13-9-7-12(8-10-13)4-3-11-18-20-16-19-14-5-1-2-6-15(14)21-16/h1-11H,(H,19,20)/b4-3+,18-11+. The fourth-order valence-corrected chi connectivity index (χ4v) is 2.86. The first kappa shape index (κ1) is 14.0. The van der Waals surface area contributed by atoms with E-state index in [0.717, 1.165) is 25.4 Å². The normalized spacial score (nSPS) is 11.7. The predicted octanol–water partition coefficient (Wildman–Crippen LogP) is 5.17. The molecule has 0 amide bonds. The van der Waals surface area contributed by atoms with Gasteiger partial charge in [0.1, 0.15) is 0 Å². The molecule has 0 aliphatic rings. The minimum Gasteiger partial charge on any atom is -0.253 e. The molecule has 0 bridgehead atoms. The van der Waals surface area contributed by atoms with Gasteiger partial charge in [-0.1, -0.05) is 57.6 Å². The molecule has 3 rings (SSSR count). The Morgan fingerprint density at radius 3 is 2.71 bits per heavy atom. The summed E-state index contributed by atoms with van der Waals surface area (Å²) in [5.74, 6) is 0. The van der Waals surface area contributed by atoms with Crippen LogP contribution in [0.25, 0.3) is 16.3 Å². The molecule has 0 saturated heterocycles. The third-order valence-corrected chi connectivity index (χ3v) is 4.24. The monoisotopic (exact) mass is 357 g/mol. The van der Waals surface area contributed by atoms with E-state index in [4.69, 9.17) is 0 Å². The molecule has 0 atom stereocenters. The maximum absolute atomic E-state index is 4.44. The number of para-hydroxylation sites is 1. The van der Waals surface area contributed by atoms with E-state index in [1.165, 1.54) is 0 Å². The average molecular weight is 358 g/mol. The predicted molar refractivity (Wildman–Crippen MR) is 94.9 cm³/mol. The van der Waals surface area contributed by atoms with Crippen molar-refractivity contribution in [2.75, 3.05) is 5.43 Å². The van der Waals surface area contributed by atoms with Crippen molar-refractivity contribution in [1.82, 2.24) is 4.98 Å². The number of rotatable bonds is 4. The van der Waals surface area contributed by atoms with Crippen molar-refractivity contribution in [3.63, 3.8) is 0 Å². The highest BCUT2D eigenvalue weighted by Crippen LogP contribution is 2.25. The Kier molecular flexibility index (Phi) is 4.43. The van der Waals surface area contributed by atoms with Crippen LogP contribution in [0.15, 0.2) is 64.2 Å². The van der Waals surface area contributed by atoms with Gasteiger partial charge < -0.3 is 0 Å². The van der Waals surface area contributed by atoms with Crippen LogP contribution in [0.1, 0.15) is 5.56 Å². The molecular weight excluding hydrogens is 346 g/mol. The van der Waals surface area contributed by atoms with Crippen LogP contribution in [0.4, 0.5) is 5.13 Å². The summed E-state index contributed by atoms with van der Waals surface area (Å²) in [7, 11) is 0. The summed E-state index contributed by atoms with van der Waals surface area (Å²) in [5.41, 5.74) is 5.07. The van der Waals surface area contributed by atoms with Gasteiger partial charge in [0.25, 0.3) is 0 Å². The number of thiazole rings is 1. The summed E-state index contributed by atoms with van der Waals surface area (Å²) < 4.78 is 2.23. The van der Waals surface area contributed by atoms with E-state index in [-0.39, 0.29) is 0 Å². The Labute approximate surface area is 135 Å². The zero-order chi connectivity index (χ0) is 14.5. The summed E-state index contributed by atoms with van der Waals surface area (Å²) in [6, 6.07) is 16.1. The van der Waals surface area contributed by atoms with Gasteiger partial charge in [-0.15, -0.1) is 0 Å². The molecule has 0 unspecified atom stereocenters. The SMILES string of the molecule is Brc1ccc(/C=C/C=N/Nc2nc3ccccc3s2)cc1. The molecule has 0 saturated carbocycles. The van der Waals surface area contributed by atoms with Gasteiger partial charge in [0, 0.05) is 10.7 Å². The van der Waals surface area contributed by atoms with Gasteiger partial charge in [-0.2, -0.15) is 5.10 Å². The highest BCUT2D eigenvalue weighted by molar-refractivity contribution is 9.10. The van der Waals surface area contributed by atoms with E-state index in [1.54, 1.807) is 17.6 Å². The van der Waals surface area contributed by atoms with Crippen LogP contribution in [0.3, 0.4) is 0 Å². The molecule has 0 aliphatic carbocycles. The van der Waals surface area contributed by atoms with Gasteiger partial charge in [-0.25, -0.2) is 4.98 Å². The Morgan fingerprint density at radius 1 is 1.10 bits per heavy atom. The lowest BCUT2D eigenvalue weighted by Crippen LogP contribution is -1.86. The van der Waals surface area contributed by atoms with Gasteiger partial charge in [0.2, 0.25) is 5.13 Å². The van der Waals surface area contributed by atoms with Gasteiger partial charge in [-0.3, -0.25) is 5.43 Å². The quantitative estimate of drug-likeness (QED) is 0.516. The molecule has 1 heterocycles. The lowest BCUT2D eigenvalue weighted by atomic mass is 10.2. The first-order valence-electron chi connectivity index (χ1n) is 6.38. The van der Waals surface area contributed by atoms with Crippen LogP contribution >= 0.6 is 27.3 Å². The van der Waals surface area contributed by atoms with Crippen molar-refractivity contribution < 1.29 is 0 Å². The van der Waals surface area contributed by atoms with Crippen molar-refractivity contribution in [2.24, 2.45) is 5.10 Å². The van der Waals surface area contributed by atoms with Crippen molar-refractivity contribution in [3.05, 3.63) is 64.6 Å². The first-order valence-corrected chi connectivity index (χ1v) is 7.99. The van der Waals surface area contributed by atoms with Crippen LogP contribution < -0.4 is 5.43 Å². The lowest BCUT2D eigenvalue weighted by molar-refractivity contribution is 1.31. The first-order chi connectivity index (χ1) is 10.3. The summed E-state index contributed by atoms with van der Waals surface area (Å²) in [6.07, 6.45) is 5.60. The van der Waals surface area contributed by atoms with Crippen LogP contribution in [0.5, 0.6) is 0 Å². The van der Waals surface area contributed by atoms with E-state index >= 15 is 0 Å². The smallest absolute Gasteiger partial charge is 0.204 e. The summed E-state index contributed by atoms with van der Waals surface area (Å²) >= 11 is 5.00. The Bertz CT molecular complexity index is 758. The number of nitrogens with zero attached hydrogens (tertiary/aromatic N) is 2. The maximum Gasteiger partial charge on any atom is 0.204 e. The zero-order valence-corrected chi connectivity index (χ0v) is 13.4. The topological polar surface area (TPSA) is 37.3 Å². The zero-order valence-electron chi connectivity index (χ0n) is 11.0. The number of hydrogen-bond donors (Lipinski definition) is 1.